The van der Waals surface area contributed by atoms with Gasteiger partial charge in [0, 0.05) is 31.7 Å². The fourth-order valence-electron chi connectivity index (χ4n) is 4.94. The molecule has 2 aromatic rings. The van der Waals surface area contributed by atoms with Crippen LogP contribution in [0, 0.1) is 6.92 Å². The first-order chi connectivity index (χ1) is 19.3. The fourth-order valence-corrected chi connectivity index (χ4v) is 4.94. The van der Waals surface area contributed by atoms with E-state index in [1.807, 2.05) is 0 Å². The van der Waals surface area contributed by atoms with E-state index in [2.05, 4.69) is 11.5 Å². The fraction of sp³-hybridized carbons (Fsp3) is 0.367. The Kier molecular flexibility index (Phi) is 9.57. The molecule has 0 aromatic heterocycles. The van der Waals surface area contributed by atoms with Gasteiger partial charge in [0.2, 0.25) is 0 Å². The number of morpholine rings is 1. The average Bonchev–Trinajstić information content (AvgIpc) is 3.20. The SMILES string of the molecule is C=CCOc1ccc(C(O)=C2C(=O)C(=O)N(CCCN3CCOCC3)C2c2ccc(OCC(N)=O)cc2)c(C)c1. The van der Waals surface area contributed by atoms with Gasteiger partial charge in [-0.25, -0.2) is 0 Å². The van der Waals surface area contributed by atoms with Crippen LogP contribution in [0.3, 0.4) is 0 Å². The number of carbonyl (C=O) groups is 3. The number of aryl methyl sites for hydroxylation is 1. The zero-order valence-electron chi connectivity index (χ0n) is 22.6. The highest BCUT2D eigenvalue weighted by molar-refractivity contribution is 6.46. The molecule has 2 amide bonds. The van der Waals surface area contributed by atoms with Crippen molar-refractivity contribution in [2.75, 3.05) is 52.6 Å². The van der Waals surface area contributed by atoms with Gasteiger partial charge >= 0.3 is 0 Å². The molecule has 2 aliphatic heterocycles. The molecule has 40 heavy (non-hydrogen) atoms. The highest BCUT2D eigenvalue weighted by Gasteiger charge is 2.46. The lowest BCUT2D eigenvalue weighted by Gasteiger charge is -2.29. The second-order valence-corrected chi connectivity index (χ2v) is 9.70. The monoisotopic (exact) mass is 549 g/mol. The molecule has 0 spiro atoms. The summed E-state index contributed by atoms with van der Waals surface area (Å²) >= 11 is 0. The van der Waals surface area contributed by atoms with Gasteiger partial charge in [0.05, 0.1) is 24.8 Å². The number of rotatable bonds is 12. The van der Waals surface area contributed by atoms with Crippen LogP contribution in [0.1, 0.15) is 29.2 Å². The molecule has 1 unspecified atom stereocenters. The van der Waals surface area contributed by atoms with E-state index in [0.29, 0.717) is 61.0 Å². The number of hydrogen-bond donors (Lipinski definition) is 2. The largest absolute Gasteiger partial charge is 0.507 e. The molecule has 3 N–H and O–H groups in total. The first kappa shape index (κ1) is 28.8. The van der Waals surface area contributed by atoms with Gasteiger partial charge in [0.1, 0.15) is 23.9 Å². The summed E-state index contributed by atoms with van der Waals surface area (Å²) in [6.07, 6.45) is 2.28. The minimum Gasteiger partial charge on any atom is -0.507 e. The summed E-state index contributed by atoms with van der Waals surface area (Å²) in [5.41, 5.74) is 6.94. The van der Waals surface area contributed by atoms with Crippen molar-refractivity contribution in [1.82, 2.24) is 9.80 Å². The van der Waals surface area contributed by atoms with Crippen LogP contribution < -0.4 is 15.2 Å². The molecule has 2 saturated heterocycles. The zero-order valence-corrected chi connectivity index (χ0v) is 22.6. The summed E-state index contributed by atoms with van der Waals surface area (Å²) < 4.78 is 16.4. The van der Waals surface area contributed by atoms with Crippen molar-refractivity contribution in [3.8, 4) is 11.5 Å². The van der Waals surface area contributed by atoms with Gasteiger partial charge in [-0.15, -0.1) is 0 Å². The number of nitrogens with zero attached hydrogens (tertiary/aromatic N) is 2. The van der Waals surface area contributed by atoms with E-state index in [4.69, 9.17) is 19.9 Å². The molecule has 212 valence electrons. The Morgan fingerprint density at radius 2 is 1.80 bits per heavy atom. The highest BCUT2D eigenvalue weighted by atomic mass is 16.5. The molecule has 10 heteroatoms. The normalized spacial score (nSPS) is 19.0. The number of benzene rings is 2. The van der Waals surface area contributed by atoms with Crippen LogP contribution in [0.5, 0.6) is 11.5 Å². The molecule has 0 saturated carbocycles. The van der Waals surface area contributed by atoms with E-state index in [1.165, 1.54) is 4.90 Å². The number of aliphatic hydroxyl groups excluding tert-OH is 1. The predicted octanol–water partition coefficient (Wildman–Crippen LogP) is 2.57. The average molecular weight is 550 g/mol. The van der Waals surface area contributed by atoms with Crippen molar-refractivity contribution in [2.24, 2.45) is 5.73 Å². The van der Waals surface area contributed by atoms with Crippen molar-refractivity contribution in [3.05, 3.63) is 77.4 Å². The van der Waals surface area contributed by atoms with Crippen LogP contribution in [-0.4, -0.2) is 85.1 Å². The molecule has 1 atom stereocenters. The second kappa shape index (κ2) is 13.3. The summed E-state index contributed by atoms with van der Waals surface area (Å²) in [5.74, 6) is -1.24. The van der Waals surface area contributed by atoms with E-state index in [-0.39, 0.29) is 17.9 Å². The summed E-state index contributed by atoms with van der Waals surface area (Å²) in [4.78, 5) is 41.6. The number of likely N-dealkylation sites (tertiary alicyclic amines) is 1. The number of ketones is 1. The van der Waals surface area contributed by atoms with Gasteiger partial charge in [0.25, 0.3) is 17.6 Å². The molecular formula is C30H35N3O7. The number of Topliss-reactive ketones (excluding diaryl/α,β-unsaturated/α-hetero) is 1. The number of primary amides is 1. The Morgan fingerprint density at radius 3 is 2.45 bits per heavy atom. The van der Waals surface area contributed by atoms with Crippen molar-refractivity contribution in [2.45, 2.75) is 19.4 Å². The lowest BCUT2D eigenvalue weighted by molar-refractivity contribution is -0.140. The Labute approximate surface area is 233 Å². The molecule has 2 fully saturated rings. The minimum atomic E-state index is -0.800. The van der Waals surface area contributed by atoms with E-state index in [0.717, 1.165) is 19.6 Å². The van der Waals surface area contributed by atoms with E-state index in [9.17, 15) is 19.5 Å². The third kappa shape index (κ3) is 6.70. The lowest BCUT2D eigenvalue weighted by Crippen LogP contribution is -2.38. The standard InChI is InChI=1S/C30H35N3O7/c1-3-15-39-23-9-10-24(20(2)18-23)28(35)26-27(21-5-7-22(8-6-21)40-19-25(31)34)33(30(37)29(26)36)12-4-11-32-13-16-38-17-14-32/h3,5-10,18,27,35H,1,4,11-17,19H2,2H3,(H2,31,34). The van der Waals surface area contributed by atoms with Gasteiger partial charge in [0.15, 0.2) is 6.61 Å². The topological polar surface area (TPSA) is 132 Å². The Hall–Kier alpha value is -4.15. The molecule has 10 nitrogen and oxygen atoms in total. The number of hydrogen-bond acceptors (Lipinski definition) is 8. The third-order valence-electron chi connectivity index (χ3n) is 6.91. The van der Waals surface area contributed by atoms with E-state index < -0.39 is 23.6 Å². The molecule has 4 rings (SSSR count). The number of amides is 2. The molecule has 2 heterocycles. The summed E-state index contributed by atoms with van der Waals surface area (Å²) in [5, 5.41) is 11.5. The Balaban J connectivity index is 1.67. The Morgan fingerprint density at radius 1 is 1.10 bits per heavy atom. The smallest absolute Gasteiger partial charge is 0.295 e. The minimum absolute atomic E-state index is 0.0186. The summed E-state index contributed by atoms with van der Waals surface area (Å²) in [7, 11) is 0. The van der Waals surface area contributed by atoms with E-state index >= 15 is 0 Å². The van der Waals surface area contributed by atoms with Crippen LogP contribution in [0.2, 0.25) is 0 Å². The number of nitrogens with two attached hydrogens (primary N) is 1. The quantitative estimate of drug-likeness (QED) is 0.179. The zero-order chi connectivity index (χ0) is 28.6. The van der Waals surface area contributed by atoms with Crippen LogP contribution in [0.15, 0.2) is 60.7 Å². The van der Waals surface area contributed by atoms with E-state index in [1.54, 1.807) is 55.5 Å². The van der Waals surface area contributed by atoms with Crippen molar-refractivity contribution in [1.29, 1.82) is 0 Å². The summed E-state index contributed by atoms with van der Waals surface area (Å²) in [6, 6.07) is 11.0. The Bertz CT molecular complexity index is 1280. The van der Waals surface area contributed by atoms with Gasteiger partial charge in [-0.3, -0.25) is 19.3 Å². The third-order valence-corrected chi connectivity index (χ3v) is 6.91. The van der Waals surface area contributed by atoms with Crippen LogP contribution >= 0.6 is 0 Å². The number of aliphatic hydroxyl groups is 1. The van der Waals surface area contributed by atoms with Crippen molar-refractivity contribution in [3.63, 3.8) is 0 Å². The molecule has 2 aliphatic rings. The molecule has 2 aromatic carbocycles. The van der Waals surface area contributed by atoms with Crippen LogP contribution in [-0.2, 0) is 19.1 Å². The van der Waals surface area contributed by atoms with Crippen molar-refractivity contribution < 1.29 is 33.7 Å². The summed E-state index contributed by atoms with van der Waals surface area (Å²) in [6.45, 7) is 9.57. The molecule has 0 radical (unpaired) electrons. The van der Waals surface area contributed by atoms with Gasteiger partial charge in [-0.1, -0.05) is 24.8 Å². The van der Waals surface area contributed by atoms with Crippen LogP contribution in [0.25, 0.3) is 5.76 Å². The molecular weight excluding hydrogens is 514 g/mol. The maximum absolute atomic E-state index is 13.4. The predicted molar refractivity (Wildman–Crippen MR) is 149 cm³/mol. The first-order valence-electron chi connectivity index (χ1n) is 13.2. The van der Waals surface area contributed by atoms with Gasteiger partial charge < -0.3 is 30.0 Å². The van der Waals surface area contributed by atoms with Crippen LogP contribution in [0.4, 0.5) is 0 Å². The first-order valence-corrected chi connectivity index (χ1v) is 13.2. The molecule has 0 bridgehead atoms. The maximum atomic E-state index is 13.4. The second-order valence-electron chi connectivity index (χ2n) is 9.70. The number of carbonyl (C=O) groups excluding carboxylic acids is 3. The lowest BCUT2D eigenvalue weighted by atomic mass is 9.93. The van der Waals surface area contributed by atoms with Gasteiger partial charge in [-0.2, -0.15) is 0 Å². The number of ether oxygens (including phenoxy) is 3. The van der Waals surface area contributed by atoms with Crippen molar-refractivity contribution >= 4 is 23.4 Å². The highest BCUT2D eigenvalue weighted by Crippen LogP contribution is 2.40. The van der Waals surface area contributed by atoms with Gasteiger partial charge in [-0.05, 0) is 54.8 Å². The maximum Gasteiger partial charge on any atom is 0.295 e. The molecule has 0 aliphatic carbocycles.